The van der Waals surface area contributed by atoms with Gasteiger partial charge in [-0.3, -0.25) is 0 Å². The second kappa shape index (κ2) is 5.14. The Kier molecular flexibility index (Phi) is 3.55. The van der Waals surface area contributed by atoms with Gasteiger partial charge in [-0.2, -0.15) is 0 Å². The van der Waals surface area contributed by atoms with Gasteiger partial charge in [-0.15, -0.1) is 0 Å². The molecule has 0 saturated heterocycles. The van der Waals surface area contributed by atoms with Crippen molar-refractivity contribution in [2.45, 2.75) is 19.9 Å². The number of carbonyl (C=O) groups is 2. The maximum Gasteiger partial charge on any atom is 0.337 e. The summed E-state index contributed by atoms with van der Waals surface area (Å²) in [5, 5.41) is 5.35. The van der Waals surface area contributed by atoms with E-state index in [1.807, 2.05) is 31.2 Å². The molecule has 2 N–H and O–H groups in total. The standard InChI is InChI=1S/C14H16N2O3/c1-8-6-4-5-7-10(8)12-11(13(17)19-3)9(2)15-14(18)16-12/h4-7,12H,1-3H3,(H2,15,16,18)/t12-/m1/s1. The summed E-state index contributed by atoms with van der Waals surface area (Å²) in [7, 11) is 1.33. The third-order valence-corrected chi connectivity index (χ3v) is 3.17. The lowest BCUT2D eigenvalue weighted by atomic mass is 9.92. The van der Waals surface area contributed by atoms with Crippen molar-refractivity contribution in [2.75, 3.05) is 7.11 Å². The van der Waals surface area contributed by atoms with Crippen LogP contribution in [-0.2, 0) is 9.53 Å². The van der Waals surface area contributed by atoms with E-state index in [0.717, 1.165) is 11.1 Å². The van der Waals surface area contributed by atoms with E-state index in [9.17, 15) is 9.59 Å². The van der Waals surface area contributed by atoms with Gasteiger partial charge in [0, 0.05) is 5.70 Å². The first-order valence-corrected chi connectivity index (χ1v) is 5.96. The SMILES string of the molecule is COC(=O)C1=C(C)NC(=O)N[C@@H]1c1ccccc1C. The summed E-state index contributed by atoms with van der Waals surface area (Å²) < 4.78 is 4.80. The lowest BCUT2D eigenvalue weighted by molar-refractivity contribution is -0.136. The van der Waals surface area contributed by atoms with E-state index in [0.29, 0.717) is 11.3 Å². The molecule has 1 aromatic carbocycles. The molecule has 5 nitrogen and oxygen atoms in total. The molecule has 1 aliphatic rings. The fourth-order valence-corrected chi connectivity index (χ4v) is 2.22. The maximum atomic E-state index is 11.9. The summed E-state index contributed by atoms with van der Waals surface area (Å²) in [4.78, 5) is 23.5. The third-order valence-electron chi connectivity index (χ3n) is 3.17. The highest BCUT2D eigenvalue weighted by atomic mass is 16.5. The Morgan fingerprint density at radius 3 is 2.58 bits per heavy atom. The van der Waals surface area contributed by atoms with Crippen LogP contribution in [0.1, 0.15) is 24.1 Å². The van der Waals surface area contributed by atoms with E-state index >= 15 is 0 Å². The molecule has 2 amide bonds. The van der Waals surface area contributed by atoms with Crippen molar-refractivity contribution in [3.05, 3.63) is 46.7 Å². The van der Waals surface area contributed by atoms with Crippen molar-refractivity contribution in [2.24, 2.45) is 0 Å². The van der Waals surface area contributed by atoms with Gasteiger partial charge in [-0.05, 0) is 25.0 Å². The molecule has 1 atom stereocenters. The number of hydrogen-bond acceptors (Lipinski definition) is 3. The lowest BCUT2D eigenvalue weighted by Gasteiger charge is -2.28. The topological polar surface area (TPSA) is 67.4 Å². The molecule has 1 heterocycles. The number of rotatable bonds is 2. The van der Waals surface area contributed by atoms with Gasteiger partial charge in [0.2, 0.25) is 0 Å². The van der Waals surface area contributed by atoms with Crippen LogP contribution >= 0.6 is 0 Å². The van der Waals surface area contributed by atoms with Gasteiger partial charge in [0.1, 0.15) is 0 Å². The van der Waals surface area contributed by atoms with Crippen molar-refractivity contribution >= 4 is 12.0 Å². The minimum Gasteiger partial charge on any atom is -0.466 e. The number of ether oxygens (including phenoxy) is 1. The minimum atomic E-state index is -0.484. The number of carbonyl (C=O) groups excluding carboxylic acids is 2. The molecule has 0 aliphatic carbocycles. The number of urea groups is 1. The highest BCUT2D eigenvalue weighted by molar-refractivity contribution is 5.95. The van der Waals surface area contributed by atoms with E-state index in [2.05, 4.69) is 10.6 Å². The summed E-state index contributed by atoms with van der Waals surface area (Å²) in [6.45, 7) is 3.63. The van der Waals surface area contributed by atoms with Crippen molar-refractivity contribution in [1.82, 2.24) is 10.6 Å². The monoisotopic (exact) mass is 260 g/mol. The fraction of sp³-hybridized carbons (Fsp3) is 0.286. The molecule has 0 radical (unpaired) electrons. The molecule has 0 unspecified atom stereocenters. The number of methoxy groups -OCH3 is 1. The number of esters is 1. The number of benzene rings is 1. The van der Waals surface area contributed by atoms with Crippen molar-refractivity contribution < 1.29 is 14.3 Å². The minimum absolute atomic E-state index is 0.321. The average molecular weight is 260 g/mol. The molecule has 0 aromatic heterocycles. The first-order valence-electron chi connectivity index (χ1n) is 5.96. The van der Waals surface area contributed by atoms with E-state index in [-0.39, 0.29) is 6.03 Å². The summed E-state index contributed by atoms with van der Waals surface area (Å²) in [5.74, 6) is -0.446. The number of aryl methyl sites for hydroxylation is 1. The van der Waals surface area contributed by atoms with Crippen LogP contribution in [0.3, 0.4) is 0 Å². The Balaban J connectivity index is 2.53. The van der Waals surface area contributed by atoms with Gasteiger partial charge in [0.15, 0.2) is 0 Å². The third kappa shape index (κ3) is 2.45. The molecule has 0 spiro atoms. The van der Waals surface area contributed by atoms with Gasteiger partial charge in [0.25, 0.3) is 0 Å². The molecule has 1 aliphatic heterocycles. The van der Waals surface area contributed by atoms with E-state index in [1.54, 1.807) is 6.92 Å². The quantitative estimate of drug-likeness (QED) is 0.797. The second-order valence-electron chi connectivity index (χ2n) is 4.42. The first kappa shape index (κ1) is 13.1. The Bertz CT molecular complexity index is 564. The van der Waals surface area contributed by atoms with Gasteiger partial charge in [0.05, 0.1) is 18.7 Å². The van der Waals surface area contributed by atoms with Crippen molar-refractivity contribution in [3.8, 4) is 0 Å². The molecule has 19 heavy (non-hydrogen) atoms. The summed E-state index contributed by atoms with van der Waals surface area (Å²) in [5.41, 5.74) is 2.83. The van der Waals surface area contributed by atoms with Crippen LogP contribution in [0.2, 0.25) is 0 Å². The van der Waals surface area contributed by atoms with Crippen LogP contribution in [0.15, 0.2) is 35.5 Å². The normalized spacial score (nSPS) is 18.7. The molecule has 2 rings (SSSR count). The number of hydrogen-bond donors (Lipinski definition) is 2. The summed E-state index contributed by atoms with van der Waals surface area (Å²) in [6.07, 6.45) is 0. The predicted molar refractivity (Wildman–Crippen MR) is 70.3 cm³/mol. The lowest BCUT2D eigenvalue weighted by Crippen LogP contribution is -2.45. The van der Waals surface area contributed by atoms with Gasteiger partial charge < -0.3 is 15.4 Å². The van der Waals surface area contributed by atoms with Crippen LogP contribution in [-0.4, -0.2) is 19.1 Å². The summed E-state index contributed by atoms with van der Waals surface area (Å²) in [6, 6.07) is 6.81. The Labute approximate surface area is 111 Å². The first-order chi connectivity index (χ1) is 9.04. The van der Waals surface area contributed by atoms with E-state index in [4.69, 9.17) is 4.74 Å². The molecule has 5 heteroatoms. The molecule has 1 aromatic rings. The molecule has 0 saturated carbocycles. The van der Waals surface area contributed by atoms with Crippen LogP contribution in [0.25, 0.3) is 0 Å². The fourth-order valence-electron chi connectivity index (χ4n) is 2.22. The highest BCUT2D eigenvalue weighted by Gasteiger charge is 2.32. The van der Waals surface area contributed by atoms with Crippen LogP contribution < -0.4 is 10.6 Å². The maximum absolute atomic E-state index is 11.9. The Hall–Kier alpha value is -2.30. The molecule has 0 bridgehead atoms. The van der Waals surface area contributed by atoms with Crippen molar-refractivity contribution in [1.29, 1.82) is 0 Å². The number of nitrogens with one attached hydrogen (secondary N) is 2. The predicted octanol–water partition coefficient (Wildman–Crippen LogP) is 1.80. The zero-order valence-electron chi connectivity index (χ0n) is 11.1. The van der Waals surface area contributed by atoms with Gasteiger partial charge >= 0.3 is 12.0 Å². The highest BCUT2D eigenvalue weighted by Crippen LogP contribution is 2.29. The number of allylic oxidation sites excluding steroid dienone is 1. The van der Waals surface area contributed by atoms with E-state index < -0.39 is 12.0 Å². The van der Waals surface area contributed by atoms with Crippen LogP contribution in [0, 0.1) is 6.92 Å². The zero-order valence-corrected chi connectivity index (χ0v) is 11.1. The molecule has 0 fully saturated rings. The Morgan fingerprint density at radius 2 is 1.95 bits per heavy atom. The smallest absolute Gasteiger partial charge is 0.337 e. The van der Waals surface area contributed by atoms with Crippen LogP contribution in [0.4, 0.5) is 4.79 Å². The molecular formula is C14H16N2O3. The average Bonchev–Trinajstić information content (AvgIpc) is 2.37. The second-order valence-corrected chi connectivity index (χ2v) is 4.42. The number of amides is 2. The van der Waals surface area contributed by atoms with E-state index in [1.165, 1.54) is 7.11 Å². The van der Waals surface area contributed by atoms with Gasteiger partial charge in [-0.25, -0.2) is 9.59 Å². The largest absolute Gasteiger partial charge is 0.466 e. The summed E-state index contributed by atoms with van der Waals surface area (Å²) >= 11 is 0. The Morgan fingerprint density at radius 1 is 1.26 bits per heavy atom. The van der Waals surface area contributed by atoms with Gasteiger partial charge in [-0.1, -0.05) is 24.3 Å². The van der Waals surface area contributed by atoms with Crippen LogP contribution in [0.5, 0.6) is 0 Å². The molecular weight excluding hydrogens is 244 g/mol. The molecule has 100 valence electrons. The van der Waals surface area contributed by atoms with Crippen molar-refractivity contribution in [3.63, 3.8) is 0 Å². The zero-order chi connectivity index (χ0) is 14.0.